The molecule has 0 saturated heterocycles. The lowest BCUT2D eigenvalue weighted by atomic mass is 10.1. The summed E-state index contributed by atoms with van der Waals surface area (Å²) in [5, 5.41) is 18.1. The number of rotatable bonds is 5. The number of aromatic nitrogens is 4. The van der Waals surface area contributed by atoms with Gasteiger partial charge in [-0.2, -0.15) is 0 Å². The first kappa shape index (κ1) is 14.8. The molecule has 0 amide bonds. The summed E-state index contributed by atoms with van der Waals surface area (Å²) in [5.41, 5.74) is 3.76. The number of hydrogen-bond acceptors (Lipinski definition) is 6. The number of hydrogen-bond donors (Lipinski definition) is 2. The van der Waals surface area contributed by atoms with Crippen molar-refractivity contribution >= 4 is 21.4 Å². The second-order valence-electron chi connectivity index (χ2n) is 5.28. The predicted octanol–water partition coefficient (Wildman–Crippen LogP) is 2.96. The minimum Gasteiger partial charge on any atom is -0.392 e. The Morgan fingerprint density at radius 3 is 2.75 bits per heavy atom. The Balaban J connectivity index is 1.57. The molecular weight excluding hydrogens is 322 g/mol. The number of anilines is 1. The van der Waals surface area contributed by atoms with Crippen molar-refractivity contribution in [2.24, 2.45) is 0 Å². The second-order valence-corrected chi connectivity index (χ2v) is 6.24. The van der Waals surface area contributed by atoms with E-state index in [1.165, 1.54) is 11.3 Å². The molecule has 0 saturated carbocycles. The molecule has 0 aliphatic heterocycles. The topological polar surface area (TPSA) is 75.3 Å². The summed E-state index contributed by atoms with van der Waals surface area (Å²) in [6.45, 7) is 0.687. The summed E-state index contributed by atoms with van der Waals surface area (Å²) in [6.07, 6.45) is 5.44. The molecule has 0 atom stereocenters. The van der Waals surface area contributed by atoms with Gasteiger partial charge in [0, 0.05) is 24.5 Å². The van der Waals surface area contributed by atoms with Crippen LogP contribution in [-0.2, 0) is 13.2 Å². The Morgan fingerprint density at radius 1 is 1.12 bits per heavy atom. The lowest BCUT2D eigenvalue weighted by Gasteiger charge is -2.03. The third-order valence-corrected chi connectivity index (χ3v) is 4.58. The second kappa shape index (κ2) is 6.38. The molecule has 2 N–H and O–H groups in total. The summed E-state index contributed by atoms with van der Waals surface area (Å²) >= 11 is 1.50. The molecule has 0 aliphatic carbocycles. The number of aliphatic hydroxyl groups is 1. The van der Waals surface area contributed by atoms with Gasteiger partial charge in [0.2, 0.25) is 10.1 Å². The van der Waals surface area contributed by atoms with Crippen LogP contribution in [0.1, 0.15) is 11.1 Å². The Hall–Kier alpha value is -2.77. The zero-order valence-corrected chi connectivity index (χ0v) is 13.6. The zero-order valence-electron chi connectivity index (χ0n) is 12.8. The largest absolute Gasteiger partial charge is 0.392 e. The van der Waals surface area contributed by atoms with Gasteiger partial charge in [0.15, 0.2) is 0 Å². The molecule has 7 heteroatoms. The number of imidazole rings is 1. The number of aliphatic hydroxyl groups excluding tert-OH is 1. The first-order valence-electron chi connectivity index (χ1n) is 7.51. The van der Waals surface area contributed by atoms with Crippen LogP contribution in [0.4, 0.5) is 5.13 Å². The SMILES string of the molecule is OCc1ccccc1-c1cn2nc(NCc3ccncc3)sc2n1. The Bertz CT molecular complexity index is 932. The van der Waals surface area contributed by atoms with Crippen molar-refractivity contribution in [3.05, 3.63) is 66.1 Å². The zero-order chi connectivity index (χ0) is 16.4. The van der Waals surface area contributed by atoms with Crippen molar-refractivity contribution in [1.82, 2.24) is 19.6 Å². The molecule has 24 heavy (non-hydrogen) atoms. The quantitative estimate of drug-likeness (QED) is 0.585. The van der Waals surface area contributed by atoms with E-state index in [0.717, 1.165) is 32.5 Å². The van der Waals surface area contributed by atoms with Crippen LogP contribution in [0.25, 0.3) is 16.2 Å². The molecule has 0 unspecified atom stereocenters. The fourth-order valence-electron chi connectivity index (χ4n) is 2.49. The van der Waals surface area contributed by atoms with E-state index in [-0.39, 0.29) is 6.61 Å². The van der Waals surface area contributed by atoms with E-state index in [1.807, 2.05) is 42.6 Å². The minimum atomic E-state index is -0.00643. The maximum Gasteiger partial charge on any atom is 0.214 e. The van der Waals surface area contributed by atoms with Crippen LogP contribution in [-0.4, -0.2) is 24.7 Å². The molecule has 3 heterocycles. The van der Waals surface area contributed by atoms with Crippen LogP contribution >= 0.6 is 11.3 Å². The van der Waals surface area contributed by atoms with Crippen molar-refractivity contribution in [1.29, 1.82) is 0 Å². The van der Waals surface area contributed by atoms with Gasteiger partial charge in [0.1, 0.15) is 0 Å². The summed E-state index contributed by atoms with van der Waals surface area (Å²) < 4.78 is 1.77. The van der Waals surface area contributed by atoms with Crippen molar-refractivity contribution in [3.8, 4) is 11.3 Å². The third kappa shape index (κ3) is 2.86. The van der Waals surface area contributed by atoms with Gasteiger partial charge in [-0.3, -0.25) is 4.98 Å². The normalized spacial score (nSPS) is 11.0. The van der Waals surface area contributed by atoms with Gasteiger partial charge in [-0.25, -0.2) is 9.50 Å². The molecule has 4 rings (SSSR count). The molecule has 0 fully saturated rings. The van der Waals surface area contributed by atoms with Crippen molar-refractivity contribution in [2.75, 3.05) is 5.32 Å². The van der Waals surface area contributed by atoms with E-state index in [4.69, 9.17) is 0 Å². The van der Waals surface area contributed by atoms with E-state index in [0.29, 0.717) is 6.54 Å². The van der Waals surface area contributed by atoms with E-state index in [2.05, 4.69) is 20.4 Å². The van der Waals surface area contributed by atoms with Gasteiger partial charge < -0.3 is 10.4 Å². The highest BCUT2D eigenvalue weighted by atomic mass is 32.1. The molecule has 6 nitrogen and oxygen atoms in total. The Morgan fingerprint density at radius 2 is 1.96 bits per heavy atom. The van der Waals surface area contributed by atoms with Crippen LogP contribution in [0, 0.1) is 0 Å². The van der Waals surface area contributed by atoms with E-state index >= 15 is 0 Å². The van der Waals surface area contributed by atoms with Gasteiger partial charge in [-0.1, -0.05) is 35.6 Å². The van der Waals surface area contributed by atoms with Gasteiger partial charge >= 0.3 is 0 Å². The van der Waals surface area contributed by atoms with Gasteiger partial charge in [-0.15, -0.1) is 5.10 Å². The molecule has 0 bridgehead atoms. The van der Waals surface area contributed by atoms with Crippen LogP contribution in [0.15, 0.2) is 55.0 Å². The highest BCUT2D eigenvalue weighted by Gasteiger charge is 2.12. The molecule has 0 aliphatic rings. The fraction of sp³-hybridized carbons (Fsp3) is 0.118. The van der Waals surface area contributed by atoms with E-state index < -0.39 is 0 Å². The molecule has 120 valence electrons. The first-order valence-corrected chi connectivity index (χ1v) is 8.33. The van der Waals surface area contributed by atoms with Crippen molar-refractivity contribution in [2.45, 2.75) is 13.2 Å². The molecule has 0 radical (unpaired) electrons. The lowest BCUT2D eigenvalue weighted by molar-refractivity contribution is 0.282. The molecular formula is C17H15N5OS. The fourth-order valence-corrected chi connectivity index (χ4v) is 3.26. The Labute approximate surface area is 142 Å². The summed E-state index contributed by atoms with van der Waals surface area (Å²) in [7, 11) is 0. The summed E-state index contributed by atoms with van der Waals surface area (Å²) in [5.74, 6) is 0. The standard InChI is InChI=1S/C17H15N5OS/c23-11-13-3-1-2-4-14(13)15-10-22-17(20-15)24-16(21-22)19-9-12-5-7-18-8-6-12/h1-8,10,23H,9,11H2,(H,19,21). The highest BCUT2D eigenvalue weighted by Crippen LogP contribution is 2.27. The predicted molar refractivity (Wildman–Crippen MR) is 93.8 cm³/mol. The number of nitrogens with zero attached hydrogens (tertiary/aromatic N) is 4. The molecule has 3 aromatic heterocycles. The molecule has 0 spiro atoms. The maximum atomic E-state index is 9.47. The summed E-state index contributed by atoms with van der Waals surface area (Å²) in [6, 6.07) is 11.6. The molecule has 1 aromatic carbocycles. The highest BCUT2D eigenvalue weighted by molar-refractivity contribution is 7.20. The van der Waals surface area contributed by atoms with Crippen LogP contribution in [0.2, 0.25) is 0 Å². The monoisotopic (exact) mass is 337 g/mol. The van der Waals surface area contributed by atoms with Gasteiger partial charge in [0.25, 0.3) is 0 Å². The van der Waals surface area contributed by atoms with Crippen LogP contribution in [0.5, 0.6) is 0 Å². The smallest absolute Gasteiger partial charge is 0.214 e. The number of benzene rings is 1. The van der Waals surface area contributed by atoms with Crippen molar-refractivity contribution in [3.63, 3.8) is 0 Å². The number of nitrogens with one attached hydrogen (secondary N) is 1. The van der Waals surface area contributed by atoms with Gasteiger partial charge in [0.05, 0.1) is 18.5 Å². The number of fused-ring (bicyclic) bond motifs is 1. The first-order chi connectivity index (χ1) is 11.8. The number of pyridine rings is 1. The average molecular weight is 337 g/mol. The van der Waals surface area contributed by atoms with Crippen molar-refractivity contribution < 1.29 is 5.11 Å². The van der Waals surface area contributed by atoms with E-state index in [9.17, 15) is 5.11 Å². The average Bonchev–Trinajstić information content (AvgIpc) is 3.19. The maximum absolute atomic E-state index is 9.47. The van der Waals surface area contributed by atoms with Crippen LogP contribution in [0.3, 0.4) is 0 Å². The minimum absolute atomic E-state index is 0.00643. The van der Waals surface area contributed by atoms with Crippen LogP contribution < -0.4 is 5.32 Å². The third-order valence-electron chi connectivity index (χ3n) is 3.70. The van der Waals surface area contributed by atoms with E-state index in [1.54, 1.807) is 16.9 Å². The molecule has 4 aromatic rings. The van der Waals surface area contributed by atoms with Gasteiger partial charge in [-0.05, 0) is 23.3 Å². The lowest BCUT2D eigenvalue weighted by Crippen LogP contribution is -1.99. The summed E-state index contributed by atoms with van der Waals surface area (Å²) in [4.78, 5) is 9.45. The Kier molecular flexibility index (Phi) is 3.94.